The summed E-state index contributed by atoms with van der Waals surface area (Å²) >= 11 is 0. The Morgan fingerprint density at radius 3 is 2.48 bits per heavy atom. The van der Waals surface area contributed by atoms with E-state index >= 15 is 0 Å². The Kier molecular flexibility index (Phi) is 6.30. The van der Waals surface area contributed by atoms with E-state index in [1.807, 2.05) is 13.8 Å². The van der Waals surface area contributed by atoms with E-state index in [-0.39, 0.29) is 30.4 Å². The summed E-state index contributed by atoms with van der Waals surface area (Å²) in [5.74, 6) is -0.395. The van der Waals surface area contributed by atoms with Crippen molar-refractivity contribution in [3.05, 3.63) is 39.4 Å². The summed E-state index contributed by atoms with van der Waals surface area (Å²) in [7, 11) is 0. The highest BCUT2D eigenvalue weighted by atomic mass is 16.6. The predicted octanol–water partition coefficient (Wildman–Crippen LogP) is 2.53. The lowest BCUT2D eigenvalue weighted by molar-refractivity contribution is -0.385. The second kappa shape index (κ2) is 7.73. The van der Waals surface area contributed by atoms with Crippen LogP contribution in [-0.4, -0.2) is 40.0 Å². The van der Waals surface area contributed by atoms with Gasteiger partial charge in [0, 0.05) is 18.7 Å². The van der Waals surface area contributed by atoms with E-state index in [9.17, 15) is 20.0 Å². The molecule has 1 aromatic carbocycles. The molecule has 0 aliphatic rings. The van der Waals surface area contributed by atoms with Gasteiger partial charge in [-0.1, -0.05) is 19.9 Å². The molecule has 0 unspecified atom stereocenters. The SMILES string of the molecule is CCC(CC)N(CCO)C(=O)c1cc(C)ccc1[N+](=O)[O-]. The van der Waals surface area contributed by atoms with Crippen LogP contribution in [0.2, 0.25) is 0 Å². The van der Waals surface area contributed by atoms with Gasteiger partial charge in [0.1, 0.15) is 5.56 Å². The molecule has 0 atom stereocenters. The van der Waals surface area contributed by atoms with E-state index in [0.29, 0.717) is 0 Å². The first-order chi connectivity index (χ1) is 9.96. The van der Waals surface area contributed by atoms with Crippen molar-refractivity contribution in [3.8, 4) is 0 Å². The summed E-state index contributed by atoms with van der Waals surface area (Å²) in [6, 6.07) is 4.46. The third-order valence-electron chi connectivity index (χ3n) is 3.56. The minimum absolute atomic E-state index is 0.0373. The number of nitro benzene ring substituents is 1. The lowest BCUT2D eigenvalue weighted by Gasteiger charge is -2.30. The number of aliphatic hydroxyl groups excluding tert-OH is 1. The molecule has 0 aliphatic carbocycles. The van der Waals surface area contributed by atoms with Gasteiger partial charge in [-0.2, -0.15) is 0 Å². The number of carbonyl (C=O) groups is 1. The van der Waals surface area contributed by atoms with Gasteiger partial charge >= 0.3 is 0 Å². The number of benzene rings is 1. The molecule has 0 radical (unpaired) electrons. The van der Waals surface area contributed by atoms with Crippen molar-refractivity contribution in [2.75, 3.05) is 13.2 Å². The van der Waals surface area contributed by atoms with E-state index in [2.05, 4.69) is 0 Å². The summed E-state index contributed by atoms with van der Waals surface area (Å²) in [5, 5.41) is 20.3. The zero-order valence-corrected chi connectivity index (χ0v) is 12.7. The molecule has 0 aliphatic heterocycles. The zero-order chi connectivity index (χ0) is 16.0. The maximum absolute atomic E-state index is 12.7. The molecule has 0 saturated heterocycles. The van der Waals surface area contributed by atoms with Gasteiger partial charge in [-0.25, -0.2) is 0 Å². The first kappa shape index (κ1) is 17.1. The monoisotopic (exact) mass is 294 g/mol. The van der Waals surface area contributed by atoms with Crippen LogP contribution in [-0.2, 0) is 0 Å². The second-order valence-corrected chi connectivity index (χ2v) is 4.97. The van der Waals surface area contributed by atoms with E-state index in [0.717, 1.165) is 18.4 Å². The highest BCUT2D eigenvalue weighted by molar-refractivity contribution is 5.98. The number of amides is 1. The Hall–Kier alpha value is -1.95. The van der Waals surface area contributed by atoms with Crippen molar-refractivity contribution in [2.45, 2.75) is 39.7 Å². The average molecular weight is 294 g/mol. The van der Waals surface area contributed by atoms with Gasteiger partial charge in [0.2, 0.25) is 0 Å². The normalized spacial score (nSPS) is 10.7. The first-order valence-corrected chi connectivity index (χ1v) is 7.13. The Morgan fingerprint density at radius 1 is 1.38 bits per heavy atom. The highest BCUT2D eigenvalue weighted by Gasteiger charge is 2.27. The average Bonchev–Trinajstić information content (AvgIpc) is 2.46. The molecule has 1 rings (SSSR count). The fraction of sp³-hybridized carbons (Fsp3) is 0.533. The highest BCUT2D eigenvalue weighted by Crippen LogP contribution is 2.23. The minimum atomic E-state index is -0.545. The summed E-state index contributed by atoms with van der Waals surface area (Å²) in [6.07, 6.45) is 1.48. The molecule has 21 heavy (non-hydrogen) atoms. The van der Waals surface area contributed by atoms with Gasteiger partial charge in [0.05, 0.1) is 11.5 Å². The maximum atomic E-state index is 12.7. The molecule has 0 heterocycles. The van der Waals surface area contributed by atoms with Gasteiger partial charge in [-0.3, -0.25) is 14.9 Å². The van der Waals surface area contributed by atoms with E-state index in [1.165, 1.54) is 17.0 Å². The predicted molar refractivity (Wildman–Crippen MR) is 80.3 cm³/mol. The number of carbonyl (C=O) groups excluding carboxylic acids is 1. The molecule has 0 saturated carbocycles. The molecule has 0 bridgehead atoms. The molecular formula is C15H22N2O4. The van der Waals surface area contributed by atoms with E-state index < -0.39 is 10.8 Å². The molecule has 1 aromatic rings. The Bertz CT molecular complexity index is 512. The van der Waals surface area contributed by atoms with Crippen molar-refractivity contribution in [2.24, 2.45) is 0 Å². The third kappa shape index (κ3) is 4.01. The largest absolute Gasteiger partial charge is 0.395 e. The molecule has 1 N–H and O–H groups in total. The number of hydrogen-bond donors (Lipinski definition) is 1. The van der Waals surface area contributed by atoms with Crippen LogP contribution in [0.4, 0.5) is 5.69 Å². The Morgan fingerprint density at radius 2 is 2.00 bits per heavy atom. The number of nitrogens with zero attached hydrogens (tertiary/aromatic N) is 2. The summed E-state index contributed by atoms with van der Waals surface area (Å²) in [4.78, 5) is 24.8. The summed E-state index contributed by atoms with van der Waals surface area (Å²) in [6.45, 7) is 5.71. The number of nitro groups is 1. The van der Waals surface area contributed by atoms with Crippen LogP contribution in [0, 0.1) is 17.0 Å². The smallest absolute Gasteiger partial charge is 0.282 e. The summed E-state index contributed by atoms with van der Waals surface area (Å²) < 4.78 is 0. The second-order valence-electron chi connectivity index (χ2n) is 4.97. The molecule has 0 spiro atoms. The fourth-order valence-corrected chi connectivity index (χ4v) is 2.42. The number of aliphatic hydroxyl groups is 1. The van der Waals surface area contributed by atoms with E-state index in [1.54, 1.807) is 13.0 Å². The molecule has 116 valence electrons. The lowest BCUT2D eigenvalue weighted by Crippen LogP contribution is -2.41. The van der Waals surface area contributed by atoms with Crippen molar-refractivity contribution in [1.29, 1.82) is 0 Å². The number of hydrogen-bond acceptors (Lipinski definition) is 4. The molecule has 6 nitrogen and oxygen atoms in total. The summed E-state index contributed by atoms with van der Waals surface area (Å²) in [5.41, 5.74) is 0.678. The number of rotatable bonds is 7. The number of aryl methyl sites for hydroxylation is 1. The lowest BCUT2D eigenvalue weighted by atomic mass is 10.0. The Labute approximate surface area is 124 Å². The van der Waals surface area contributed by atoms with Gasteiger partial charge in [0.15, 0.2) is 0 Å². The van der Waals surface area contributed by atoms with Crippen molar-refractivity contribution >= 4 is 11.6 Å². The van der Waals surface area contributed by atoms with Gasteiger partial charge < -0.3 is 10.0 Å². The maximum Gasteiger partial charge on any atom is 0.282 e. The first-order valence-electron chi connectivity index (χ1n) is 7.13. The van der Waals surface area contributed by atoms with Crippen LogP contribution < -0.4 is 0 Å². The molecule has 6 heteroatoms. The quantitative estimate of drug-likeness (QED) is 0.618. The van der Waals surface area contributed by atoms with Crippen LogP contribution in [0.25, 0.3) is 0 Å². The minimum Gasteiger partial charge on any atom is -0.395 e. The fourth-order valence-electron chi connectivity index (χ4n) is 2.42. The molecule has 0 aromatic heterocycles. The third-order valence-corrected chi connectivity index (χ3v) is 3.56. The molecule has 0 fully saturated rings. The Balaban J connectivity index is 3.25. The van der Waals surface area contributed by atoms with Gasteiger partial charge in [-0.15, -0.1) is 0 Å². The molecular weight excluding hydrogens is 272 g/mol. The van der Waals surface area contributed by atoms with Crippen molar-refractivity contribution in [1.82, 2.24) is 4.90 Å². The van der Waals surface area contributed by atoms with Crippen LogP contribution in [0.3, 0.4) is 0 Å². The van der Waals surface area contributed by atoms with E-state index in [4.69, 9.17) is 0 Å². The van der Waals surface area contributed by atoms with Crippen LogP contribution in [0.15, 0.2) is 18.2 Å². The van der Waals surface area contributed by atoms with Crippen LogP contribution in [0.5, 0.6) is 0 Å². The van der Waals surface area contributed by atoms with Crippen LogP contribution >= 0.6 is 0 Å². The van der Waals surface area contributed by atoms with Gasteiger partial charge in [-0.05, 0) is 31.4 Å². The standard InChI is InChI=1S/C15H22N2O4/c1-4-12(5-2)16(8-9-18)15(19)13-10-11(3)6-7-14(13)17(20)21/h6-7,10,12,18H,4-5,8-9H2,1-3H3. The molecule has 1 amide bonds. The van der Waals surface area contributed by atoms with Crippen molar-refractivity contribution in [3.63, 3.8) is 0 Å². The van der Waals surface area contributed by atoms with Crippen LogP contribution in [0.1, 0.15) is 42.6 Å². The zero-order valence-electron chi connectivity index (χ0n) is 12.7. The van der Waals surface area contributed by atoms with Crippen molar-refractivity contribution < 1.29 is 14.8 Å². The topological polar surface area (TPSA) is 83.7 Å². The van der Waals surface area contributed by atoms with Gasteiger partial charge in [0.25, 0.3) is 11.6 Å².